The number of carboxylic acids is 1. The number of nitrogens with zero attached hydrogens (tertiary/aromatic N) is 1. The van der Waals surface area contributed by atoms with Crippen molar-refractivity contribution in [2.24, 2.45) is 0 Å². The van der Waals surface area contributed by atoms with Gasteiger partial charge in [0.25, 0.3) is 0 Å². The zero-order valence-electron chi connectivity index (χ0n) is 10.1. The maximum Gasteiger partial charge on any atom is 0.328 e. The molecule has 0 aromatic carbocycles. The van der Waals surface area contributed by atoms with Crippen LogP contribution in [0.1, 0.15) is 22.6 Å². The van der Waals surface area contributed by atoms with Crippen LogP contribution in [0.2, 0.25) is 0 Å². The summed E-state index contributed by atoms with van der Waals surface area (Å²) >= 11 is 1.60. The van der Waals surface area contributed by atoms with E-state index in [-0.39, 0.29) is 12.6 Å². The van der Waals surface area contributed by atoms with Gasteiger partial charge in [-0.1, -0.05) is 0 Å². The Hall–Kier alpha value is -1.17. The molecule has 1 unspecified atom stereocenters. The maximum atomic E-state index is 10.4. The number of carbonyl (C=O) groups is 1. The molecule has 0 radical (unpaired) electrons. The summed E-state index contributed by atoms with van der Waals surface area (Å²) in [5.74, 6) is -0.926. The van der Waals surface area contributed by atoms with Crippen LogP contribution in [0.5, 0.6) is 0 Å². The van der Waals surface area contributed by atoms with E-state index in [1.54, 1.807) is 17.4 Å². The average Bonchev–Trinajstić information content (AvgIpc) is 2.96. The van der Waals surface area contributed by atoms with Gasteiger partial charge in [0.1, 0.15) is 0 Å². The number of aliphatic carboxylic acids is 1. The summed E-state index contributed by atoms with van der Waals surface area (Å²) in [4.78, 5) is 14.9. The quantitative estimate of drug-likeness (QED) is 0.799. The Balaban J connectivity index is 1.96. The van der Waals surface area contributed by atoms with Gasteiger partial charge < -0.3 is 10.2 Å². The van der Waals surface area contributed by atoms with Gasteiger partial charge in [0, 0.05) is 28.4 Å². The molecule has 1 fully saturated rings. The van der Waals surface area contributed by atoms with E-state index in [4.69, 9.17) is 5.11 Å². The highest BCUT2D eigenvalue weighted by atomic mass is 32.1. The fourth-order valence-corrected chi connectivity index (χ4v) is 3.17. The second kappa shape index (κ2) is 6.13. The van der Waals surface area contributed by atoms with E-state index in [1.807, 2.05) is 12.1 Å². The molecule has 1 aliphatic rings. The van der Waals surface area contributed by atoms with Crippen LogP contribution in [0, 0.1) is 0 Å². The predicted octanol–water partition coefficient (Wildman–Crippen LogP) is 1.80. The van der Waals surface area contributed by atoms with Crippen LogP contribution in [0.25, 0.3) is 6.08 Å². The van der Waals surface area contributed by atoms with Gasteiger partial charge in [-0.2, -0.15) is 0 Å². The Morgan fingerprint density at radius 2 is 2.39 bits per heavy atom. The molecule has 1 saturated heterocycles. The molecule has 1 aliphatic heterocycles. The fourth-order valence-electron chi connectivity index (χ4n) is 2.23. The van der Waals surface area contributed by atoms with E-state index in [0.717, 1.165) is 36.9 Å². The minimum Gasteiger partial charge on any atom is -0.478 e. The van der Waals surface area contributed by atoms with Crippen LogP contribution in [-0.4, -0.2) is 40.3 Å². The van der Waals surface area contributed by atoms with Gasteiger partial charge >= 0.3 is 5.97 Å². The first kappa shape index (κ1) is 13.3. The van der Waals surface area contributed by atoms with Crippen molar-refractivity contribution < 1.29 is 15.0 Å². The Bertz CT molecular complexity index is 441. The summed E-state index contributed by atoms with van der Waals surface area (Å²) in [6.07, 6.45) is 4.97. The number of aliphatic hydroxyl groups is 1. The number of likely N-dealkylation sites (tertiary alicyclic amines) is 1. The van der Waals surface area contributed by atoms with E-state index in [0.29, 0.717) is 0 Å². The highest BCUT2D eigenvalue weighted by Gasteiger charge is 2.23. The standard InChI is InChI=1S/C13H17NO3S/c15-9-10-2-1-7-14(10)8-12-4-3-11(18-12)5-6-13(16)17/h3-6,10,15H,1-2,7-9H2,(H,16,17). The number of thiophene rings is 1. The molecule has 5 heteroatoms. The van der Waals surface area contributed by atoms with Crippen molar-refractivity contribution in [3.05, 3.63) is 28.0 Å². The van der Waals surface area contributed by atoms with Crippen molar-refractivity contribution in [2.45, 2.75) is 25.4 Å². The zero-order valence-corrected chi connectivity index (χ0v) is 10.9. The van der Waals surface area contributed by atoms with Gasteiger partial charge in [-0.3, -0.25) is 4.90 Å². The van der Waals surface area contributed by atoms with Crippen LogP contribution in [0.3, 0.4) is 0 Å². The summed E-state index contributed by atoms with van der Waals surface area (Å²) in [5.41, 5.74) is 0. The van der Waals surface area contributed by atoms with Crippen LogP contribution in [0.4, 0.5) is 0 Å². The lowest BCUT2D eigenvalue weighted by Gasteiger charge is -2.21. The molecule has 98 valence electrons. The van der Waals surface area contributed by atoms with E-state index in [1.165, 1.54) is 4.88 Å². The SMILES string of the molecule is O=C(O)C=Cc1ccc(CN2CCCC2CO)s1. The van der Waals surface area contributed by atoms with E-state index in [2.05, 4.69) is 4.90 Å². The summed E-state index contributed by atoms with van der Waals surface area (Å²) in [5, 5.41) is 17.8. The second-order valence-corrected chi connectivity index (χ2v) is 5.62. The maximum absolute atomic E-state index is 10.4. The van der Waals surface area contributed by atoms with Crippen LogP contribution < -0.4 is 0 Å². The molecule has 1 aromatic heterocycles. The van der Waals surface area contributed by atoms with Crippen molar-refractivity contribution in [1.29, 1.82) is 0 Å². The topological polar surface area (TPSA) is 60.8 Å². The van der Waals surface area contributed by atoms with Crippen LogP contribution in [0.15, 0.2) is 18.2 Å². The number of hydrogen-bond acceptors (Lipinski definition) is 4. The summed E-state index contributed by atoms with van der Waals surface area (Å²) in [7, 11) is 0. The molecule has 2 N–H and O–H groups in total. The largest absolute Gasteiger partial charge is 0.478 e. The number of hydrogen-bond donors (Lipinski definition) is 2. The van der Waals surface area contributed by atoms with Gasteiger partial charge in [0.05, 0.1) is 6.61 Å². The third-order valence-electron chi connectivity index (χ3n) is 3.14. The lowest BCUT2D eigenvalue weighted by Crippen LogP contribution is -2.31. The lowest BCUT2D eigenvalue weighted by molar-refractivity contribution is -0.131. The van der Waals surface area contributed by atoms with Gasteiger partial charge in [-0.25, -0.2) is 4.79 Å². The molecule has 1 aromatic rings. The van der Waals surface area contributed by atoms with E-state index in [9.17, 15) is 9.90 Å². The van der Waals surface area contributed by atoms with E-state index >= 15 is 0 Å². The molecule has 2 heterocycles. The Morgan fingerprint density at radius 3 is 3.11 bits per heavy atom. The highest BCUT2D eigenvalue weighted by molar-refractivity contribution is 7.12. The smallest absolute Gasteiger partial charge is 0.328 e. The fraction of sp³-hybridized carbons (Fsp3) is 0.462. The van der Waals surface area contributed by atoms with Crippen molar-refractivity contribution in [2.75, 3.05) is 13.2 Å². The Labute approximate surface area is 110 Å². The van der Waals surface area contributed by atoms with Crippen molar-refractivity contribution >= 4 is 23.4 Å². The Morgan fingerprint density at radius 1 is 1.56 bits per heavy atom. The molecule has 0 spiro atoms. The van der Waals surface area contributed by atoms with Gasteiger partial charge in [-0.05, 0) is 37.6 Å². The first-order valence-electron chi connectivity index (χ1n) is 6.03. The molecule has 1 atom stereocenters. The predicted molar refractivity (Wildman–Crippen MR) is 71.5 cm³/mol. The third-order valence-corrected chi connectivity index (χ3v) is 4.18. The molecular weight excluding hydrogens is 250 g/mol. The molecule has 2 rings (SSSR count). The van der Waals surface area contributed by atoms with Crippen molar-refractivity contribution in [3.8, 4) is 0 Å². The monoisotopic (exact) mass is 267 g/mol. The number of aliphatic hydroxyl groups excluding tert-OH is 1. The molecule has 4 nitrogen and oxygen atoms in total. The number of carboxylic acid groups (broad SMARTS) is 1. The third kappa shape index (κ3) is 3.41. The summed E-state index contributed by atoms with van der Waals surface area (Å²) in [6, 6.07) is 4.24. The summed E-state index contributed by atoms with van der Waals surface area (Å²) in [6.45, 7) is 2.09. The Kier molecular flexibility index (Phi) is 4.52. The molecular formula is C13H17NO3S. The molecule has 0 aliphatic carbocycles. The van der Waals surface area contributed by atoms with Crippen LogP contribution >= 0.6 is 11.3 Å². The van der Waals surface area contributed by atoms with E-state index < -0.39 is 5.97 Å². The van der Waals surface area contributed by atoms with Gasteiger partial charge in [0.15, 0.2) is 0 Å². The lowest BCUT2D eigenvalue weighted by atomic mass is 10.2. The number of rotatable bonds is 5. The van der Waals surface area contributed by atoms with Gasteiger partial charge in [-0.15, -0.1) is 11.3 Å². The molecule has 18 heavy (non-hydrogen) atoms. The molecule has 0 bridgehead atoms. The van der Waals surface area contributed by atoms with Crippen molar-refractivity contribution in [1.82, 2.24) is 4.90 Å². The molecule has 0 saturated carbocycles. The van der Waals surface area contributed by atoms with Gasteiger partial charge in [0.2, 0.25) is 0 Å². The zero-order chi connectivity index (χ0) is 13.0. The average molecular weight is 267 g/mol. The minimum absolute atomic E-state index is 0.219. The first-order chi connectivity index (χ1) is 8.69. The second-order valence-electron chi connectivity index (χ2n) is 4.42. The van der Waals surface area contributed by atoms with Crippen molar-refractivity contribution in [3.63, 3.8) is 0 Å². The highest BCUT2D eigenvalue weighted by Crippen LogP contribution is 2.24. The summed E-state index contributed by atoms with van der Waals surface area (Å²) < 4.78 is 0. The minimum atomic E-state index is -0.926. The molecule has 0 amide bonds. The normalized spacial score (nSPS) is 20.8. The first-order valence-corrected chi connectivity index (χ1v) is 6.85. The van der Waals surface area contributed by atoms with Crippen LogP contribution in [-0.2, 0) is 11.3 Å².